The number of carbonyl (C=O) groups excluding carboxylic acids is 2. The SMILES string of the molecule is CCN(C(=O)COc1ccc(C(C)=O)cc1OC)[C@H]1CCS(=O)(=O)C1. The van der Waals surface area contributed by atoms with E-state index in [1.54, 1.807) is 23.1 Å². The zero-order valence-electron chi connectivity index (χ0n) is 14.6. The molecule has 0 spiro atoms. The molecule has 0 aromatic heterocycles. The third kappa shape index (κ3) is 4.72. The summed E-state index contributed by atoms with van der Waals surface area (Å²) in [6.45, 7) is 3.46. The molecule has 1 atom stereocenters. The number of likely N-dealkylation sites (N-methyl/N-ethyl adjacent to an activating group) is 1. The number of methoxy groups -OCH3 is 1. The fourth-order valence-electron chi connectivity index (χ4n) is 2.89. The van der Waals surface area contributed by atoms with Crippen LogP contribution in [0.3, 0.4) is 0 Å². The van der Waals surface area contributed by atoms with Gasteiger partial charge in [0, 0.05) is 18.2 Å². The standard InChI is InChI=1S/C17H23NO6S/c1-4-18(14-7-8-25(21,22)11-14)17(20)10-24-15-6-5-13(12(2)19)9-16(15)23-3/h5-6,9,14H,4,7-8,10-11H2,1-3H3/t14-/m0/s1. The Labute approximate surface area is 147 Å². The Bertz CT molecular complexity index is 758. The number of hydrogen-bond acceptors (Lipinski definition) is 6. The van der Waals surface area contributed by atoms with E-state index in [9.17, 15) is 18.0 Å². The molecule has 0 aliphatic carbocycles. The summed E-state index contributed by atoms with van der Waals surface area (Å²) in [5, 5.41) is 0. The van der Waals surface area contributed by atoms with E-state index in [0.29, 0.717) is 30.0 Å². The Balaban J connectivity index is 2.04. The van der Waals surface area contributed by atoms with Crippen LogP contribution in [0.25, 0.3) is 0 Å². The average Bonchev–Trinajstić information content (AvgIpc) is 2.92. The van der Waals surface area contributed by atoms with Crippen LogP contribution < -0.4 is 9.47 Å². The number of ether oxygens (including phenoxy) is 2. The van der Waals surface area contributed by atoms with Crippen LogP contribution in [0.15, 0.2) is 18.2 Å². The molecule has 1 aliphatic rings. The van der Waals surface area contributed by atoms with E-state index in [1.165, 1.54) is 14.0 Å². The minimum absolute atomic E-state index is 0.00318. The molecule has 1 heterocycles. The summed E-state index contributed by atoms with van der Waals surface area (Å²) in [7, 11) is -1.61. The second-order valence-electron chi connectivity index (χ2n) is 5.95. The lowest BCUT2D eigenvalue weighted by atomic mass is 10.1. The van der Waals surface area contributed by atoms with E-state index in [0.717, 1.165) is 0 Å². The molecule has 0 bridgehead atoms. The largest absolute Gasteiger partial charge is 0.493 e. The molecule has 0 radical (unpaired) electrons. The Morgan fingerprint density at radius 3 is 2.52 bits per heavy atom. The number of nitrogens with zero attached hydrogens (tertiary/aromatic N) is 1. The van der Waals surface area contributed by atoms with Gasteiger partial charge in [-0.25, -0.2) is 8.42 Å². The molecule has 1 fully saturated rings. The van der Waals surface area contributed by atoms with Crippen LogP contribution in [0.2, 0.25) is 0 Å². The smallest absolute Gasteiger partial charge is 0.260 e. The maximum atomic E-state index is 12.4. The fourth-order valence-corrected chi connectivity index (χ4v) is 4.62. The summed E-state index contributed by atoms with van der Waals surface area (Å²) in [5.74, 6) is 0.469. The van der Waals surface area contributed by atoms with Crippen molar-refractivity contribution in [2.45, 2.75) is 26.3 Å². The number of rotatable bonds is 7. The normalized spacial score (nSPS) is 18.6. The lowest BCUT2D eigenvalue weighted by Crippen LogP contribution is -2.43. The maximum Gasteiger partial charge on any atom is 0.260 e. The summed E-state index contributed by atoms with van der Waals surface area (Å²) in [6, 6.07) is 4.45. The third-order valence-electron chi connectivity index (χ3n) is 4.23. The molecule has 0 unspecified atom stereocenters. The van der Waals surface area contributed by atoms with Gasteiger partial charge in [0.25, 0.3) is 5.91 Å². The van der Waals surface area contributed by atoms with Crippen LogP contribution in [-0.2, 0) is 14.6 Å². The molecule has 2 rings (SSSR count). The molecule has 25 heavy (non-hydrogen) atoms. The van der Waals surface area contributed by atoms with E-state index in [-0.39, 0.29) is 35.8 Å². The van der Waals surface area contributed by atoms with Crippen LogP contribution in [0.1, 0.15) is 30.6 Å². The van der Waals surface area contributed by atoms with Gasteiger partial charge in [0.1, 0.15) is 0 Å². The highest BCUT2D eigenvalue weighted by atomic mass is 32.2. The number of sulfone groups is 1. The highest BCUT2D eigenvalue weighted by molar-refractivity contribution is 7.91. The number of ketones is 1. The average molecular weight is 369 g/mol. The number of carbonyl (C=O) groups is 2. The van der Waals surface area contributed by atoms with Gasteiger partial charge in [0.05, 0.1) is 18.6 Å². The van der Waals surface area contributed by atoms with Crippen LogP contribution in [0.4, 0.5) is 0 Å². The molecule has 7 nitrogen and oxygen atoms in total. The second-order valence-corrected chi connectivity index (χ2v) is 8.18. The lowest BCUT2D eigenvalue weighted by Gasteiger charge is -2.26. The van der Waals surface area contributed by atoms with Crippen LogP contribution in [0.5, 0.6) is 11.5 Å². The van der Waals surface area contributed by atoms with E-state index in [1.807, 2.05) is 6.92 Å². The van der Waals surface area contributed by atoms with Gasteiger partial charge in [-0.05, 0) is 38.5 Å². The van der Waals surface area contributed by atoms with E-state index in [4.69, 9.17) is 9.47 Å². The number of benzene rings is 1. The van der Waals surface area contributed by atoms with E-state index >= 15 is 0 Å². The second kappa shape index (κ2) is 7.86. The molecule has 138 valence electrons. The minimum Gasteiger partial charge on any atom is -0.493 e. The molecule has 1 amide bonds. The van der Waals surface area contributed by atoms with E-state index < -0.39 is 9.84 Å². The van der Waals surface area contributed by atoms with Crippen LogP contribution >= 0.6 is 0 Å². The number of amides is 1. The predicted octanol–water partition coefficient (Wildman–Crippen LogP) is 1.31. The van der Waals surface area contributed by atoms with Crippen molar-refractivity contribution < 1.29 is 27.5 Å². The highest BCUT2D eigenvalue weighted by Crippen LogP contribution is 2.28. The molecule has 1 saturated heterocycles. The van der Waals surface area contributed by atoms with Gasteiger partial charge in [-0.1, -0.05) is 0 Å². The van der Waals surface area contributed by atoms with Crippen molar-refractivity contribution in [2.75, 3.05) is 31.8 Å². The molecular weight excluding hydrogens is 346 g/mol. The fraction of sp³-hybridized carbons (Fsp3) is 0.529. The zero-order valence-corrected chi connectivity index (χ0v) is 15.5. The highest BCUT2D eigenvalue weighted by Gasteiger charge is 2.34. The summed E-state index contributed by atoms with van der Waals surface area (Å²) < 4.78 is 34.0. The number of hydrogen-bond donors (Lipinski definition) is 0. The van der Waals surface area contributed by atoms with Gasteiger partial charge in [-0.2, -0.15) is 0 Å². The van der Waals surface area contributed by atoms with Crippen molar-refractivity contribution in [2.24, 2.45) is 0 Å². The zero-order chi connectivity index (χ0) is 18.6. The Hall–Kier alpha value is -2.09. The van der Waals surface area contributed by atoms with Gasteiger partial charge >= 0.3 is 0 Å². The number of Topliss-reactive ketones (excluding diaryl/α,β-unsaturated/α-hetero) is 1. The summed E-state index contributed by atoms with van der Waals surface area (Å²) >= 11 is 0. The molecule has 0 saturated carbocycles. The monoisotopic (exact) mass is 369 g/mol. The Morgan fingerprint density at radius 1 is 1.28 bits per heavy atom. The first-order chi connectivity index (χ1) is 11.8. The Morgan fingerprint density at radius 2 is 2.00 bits per heavy atom. The van der Waals surface area contributed by atoms with Crippen molar-refractivity contribution in [1.82, 2.24) is 4.90 Å². The van der Waals surface area contributed by atoms with Crippen molar-refractivity contribution in [1.29, 1.82) is 0 Å². The van der Waals surface area contributed by atoms with Gasteiger partial charge in [-0.3, -0.25) is 9.59 Å². The maximum absolute atomic E-state index is 12.4. The Kier molecular flexibility index (Phi) is 6.05. The first-order valence-corrected chi connectivity index (χ1v) is 9.91. The predicted molar refractivity (Wildman–Crippen MR) is 92.9 cm³/mol. The molecule has 1 aromatic carbocycles. The summed E-state index contributed by atoms with van der Waals surface area (Å²) in [6.07, 6.45) is 0.457. The van der Waals surface area contributed by atoms with Crippen molar-refractivity contribution >= 4 is 21.5 Å². The topological polar surface area (TPSA) is 90.0 Å². The van der Waals surface area contributed by atoms with Crippen LogP contribution in [-0.4, -0.2) is 62.8 Å². The lowest BCUT2D eigenvalue weighted by molar-refractivity contribution is -0.135. The first-order valence-electron chi connectivity index (χ1n) is 8.09. The van der Waals surface area contributed by atoms with Gasteiger partial charge in [0.15, 0.2) is 33.7 Å². The quantitative estimate of drug-likeness (QED) is 0.673. The van der Waals surface area contributed by atoms with Crippen LogP contribution in [0, 0.1) is 0 Å². The van der Waals surface area contributed by atoms with Gasteiger partial charge < -0.3 is 14.4 Å². The van der Waals surface area contributed by atoms with Crippen molar-refractivity contribution in [3.05, 3.63) is 23.8 Å². The summed E-state index contributed by atoms with van der Waals surface area (Å²) in [4.78, 5) is 25.4. The molecule has 8 heteroatoms. The first kappa shape index (κ1) is 19.2. The van der Waals surface area contributed by atoms with E-state index in [2.05, 4.69) is 0 Å². The molecular formula is C17H23NO6S. The van der Waals surface area contributed by atoms with Gasteiger partial charge in [-0.15, -0.1) is 0 Å². The summed E-state index contributed by atoms with van der Waals surface area (Å²) in [5.41, 5.74) is 0.488. The van der Waals surface area contributed by atoms with Gasteiger partial charge in [0.2, 0.25) is 0 Å². The molecule has 1 aromatic rings. The minimum atomic E-state index is -3.06. The molecule has 0 N–H and O–H groups in total. The van der Waals surface area contributed by atoms with Crippen molar-refractivity contribution in [3.63, 3.8) is 0 Å². The molecule has 1 aliphatic heterocycles. The van der Waals surface area contributed by atoms with Crippen molar-refractivity contribution in [3.8, 4) is 11.5 Å². The third-order valence-corrected chi connectivity index (χ3v) is 5.98.